The van der Waals surface area contributed by atoms with Gasteiger partial charge < -0.3 is 4.74 Å². The molecule has 1 aromatic heterocycles. The van der Waals surface area contributed by atoms with Crippen molar-refractivity contribution in [1.82, 2.24) is 9.97 Å². The van der Waals surface area contributed by atoms with E-state index < -0.39 is 0 Å². The van der Waals surface area contributed by atoms with Crippen molar-refractivity contribution in [2.45, 2.75) is 26.7 Å². The van der Waals surface area contributed by atoms with Crippen molar-refractivity contribution in [1.29, 1.82) is 5.26 Å². The Labute approximate surface area is 89.9 Å². The standard InChI is InChI=1S/C11H15N3O/c1-3-4-9(2)8-15-11-7-13-10(5-12)6-14-11/h6-7,9H,3-4,8H2,1-2H3. The second-order valence-electron chi connectivity index (χ2n) is 3.56. The lowest BCUT2D eigenvalue weighted by atomic mass is 10.1. The maximum atomic E-state index is 8.52. The number of aromatic nitrogens is 2. The van der Waals surface area contributed by atoms with Crippen molar-refractivity contribution in [3.05, 3.63) is 18.1 Å². The number of nitriles is 1. The van der Waals surface area contributed by atoms with Crippen LogP contribution in [-0.2, 0) is 0 Å². The van der Waals surface area contributed by atoms with Gasteiger partial charge in [0.15, 0.2) is 5.69 Å². The SMILES string of the molecule is CCCC(C)COc1cnc(C#N)cn1. The topological polar surface area (TPSA) is 58.8 Å². The first-order chi connectivity index (χ1) is 7.26. The lowest BCUT2D eigenvalue weighted by Crippen LogP contribution is -2.09. The summed E-state index contributed by atoms with van der Waals surface area (Å²) in [7, 11) is 0. The minimum absolute atomic E-state index is 0.309. The molecule has 0 saturated heterocycles. The average molecular weight is 205 g/mol. The molecular weight excluding hydrogens is 190 g/mol. The Bertz CT molecular complexity index is 329. The summed E-state index contributed by atoms with van der Waals surface area (Å²) in [5, 5.41) is 8.52. The number of nitrogens with zero attached hydrogens (tertiary/aromatic N) is 3. The van der Waals surface area contributed by atoms with E-state index in [1.165, 1.54) is 12.4 Å². The van der Waals surface area contributed by atoms with Crippen LogP contribution in [0, 0.1) is 17.2 Å². The van der Waals surface area contributed by atoms with Crippen LogP contribution in [0.1, 0.15) is 32.4 Å². The molecule has 1 rings (SSSR count). The Balaban J connectivity index is 2.41. The van der Waals surface area contributed by atoms with Crippen molar-refractivity contribution >= 4 is 0 Å². The molecule has 0 aliphatic rings. The van der Waals surface area contributed by atoms with Gasteiger partial charge in [-0.25, -0.2) is 9.97 Å². The summed E-state index contributed by atoms with van der Waals surface area (Å²) < 4.78 is 5.44. The molecule has 1 unspecified atom stereocenters. The largest absolute Gasteiger partial charge is 0.476 e. The van der Waals surface area contributed by atoms with Crippen molar-refractivity contribution in [3.63, 3.8) is 0 Å². The zero-order chi connectivity index (χ0) is 11.1. The molecule has 0 amide bonds. The van der Waals surface area contributed by atoms with Gasteiger partial charge in [0.25, 0.3) is 0 Å². The first-order valence-electron chi connectivity index (χ1n) is 5.11. The number of hydrogen-bond donors (Lipinski definition) is 0. The Morgan fingerprint density at radius 2 is 2.27 bits per heavy atom. The molecule has 0 aromatic carbocycles. The van der Waals surface area contributed by atoms with Crippen LogP contribution >= 0.6 is 0 Å². The van der Waals surface area contributed by atoms with Gasteiger partial charge in [0.2, 0.25) is 5.88 Å². The van der Waals surface area contributed by atoms with Crippen LogP contribution < -0.4 is 4.74 Å². The van der Waals surface area contributed by atoms with Crippen LogP contribution in [0.4, 0.5) is 0 Å². The quantitative estimate of drug-likeness (QED) is 0.739. The molecule has 0 bridgehead atoms. The second kappa shape index (κ2) is 5.97. The number of ether oxygens (including phenoxy) is 1. The smallest absolute Gasteiger partial charge is 0.232 e. The van der Waals surface area contributed by atoms with E-state index in [1.54, 1.807) is 0 Å². The maximum absolute atomic E-state index is 8.52. The monoisotopic (exact) mass is 205 g/mol. The highest BCUT2D eigenvalue weighted by molar-refractivity contribution is 5.18. The second-order valence-corrected chi connectivity index (χ2v) is 3.56. The van der Waals surface area contributed by atoms with E-state index >= 15 is 0 Å². The van der Waals surface area contributed by atoms with Gasteiger partial charge in [-0.1, -0.05) is 20.3 Å². The molecule has 15 heavy (non-hydrogen) atoms. The lowest BCUT2D eigenvalue weighted by Gasteiger charge is -2.10. The molecule has 0 radical (unpaired) electrons. The summed E-state index contributed by atoms with van der Waals surface area (Å²) in [6, 6.07) is 1.91. The Morgan fingerprint density at radius 1 is 1.47 bits per heavy atom. The van der Waals surface area contributed by atoms with E-state index in [4.69, 9.17) is 10.00 Å². The minimum atomic E-state index is 0.309. The van der Waals surface area contributed by atoms with Gasteiger partial charge in [-0.05, 0) is 12.3 Å². The normalized spacial score (nSPS) is 11.8. The van der Waals surface area contributed by atoms with Crippen molar-refractivity contribution in [2.24, 2.45) is 5.92 Å². The predicted octanol–water partition coefficient (Wildman–Crippen LogP) is 2.16. The maximum Gasteiger partial charge on any atom is 0.232 e. The zero-order valence-electron chi connectivity index (χ0n) is 9.10. The Kier molecular flexibility index (Phi) is 4.55. The first-order valence-corrected chi connectivity index (χ1v) is 5.11. The van der Waals surface area contributed by atoms with Crippen LogP contribution in [-0.4, -0.2) is 16.6 Å². The van der Waals surface area contributed by atoms with Gasteiger partial charge in [-0.3, -0.25) is 0 Å². The van der Waals surface area contributed by atoms with Gasteiger partial charge in [-0.15, -0.1) is 0 Å². The molecular formula is C11H15N3O. The number of hydrogen-bond acceptors (Lipinski definition) is 4. The van der Waals surface area contributed by atoms with E-state index in [9.17, 15) is 0 Å². The highest BCUT2D eigenvalue weighted by Crippen LogP contribution is 2.09. The summed E-state index contributed by atoms with van der Waals surface area (Å²) in [4.78, 5) is 7.85. The van der Waals surface area contributed by atoms with E-state index in [0.29, 0.717) is 24.1 Å². The summed E-state index contributed by atoms with van der Waals surface area (Å²) in [6.07, 6.45) is 5.20. The van der Waals surface area contributed by atoms with E-state index in [1.807, 2.05) is 6.07 Å². The van der Waals surface area contributed by atoms with Crippen LogP contribution in [0.15, 0.2) is 12.4 Å². The molecule has 1 heterocycles. The highest BCUT2D eigenvalue weighted by atomic mass is 16.5. The van der Waals surface area contributed by atoms with Gasteiger partial charge in [-0.2, -0.15) is 5.26 Å². The molecule has 80 valence electrons. The van der Waals surface area contributed by atoms with E-state index in [2.05, 4.69) is 23.8 Å². The predicted molar refractivity (Wildman–Crippen MR) is 56.3 cm³/mol. The third-order valence-corrected chi connectivity index (χ3v) is 2.04. The summed E-state index contributed by atoms with van der Waals surface area (Å²) in [5.41, 5.74) is 0.309. The van der Waals surface area contributed by atoms with E-state index in [0.717, 1.165) is 12.8 Å². The zero-order valence-corrected chi connectivity index (χ0v) is 9.10. The van der Waals surface area contributed by atoms with Crippen LogP contribution in [0.25, 0.3) is 0 Å². The number of rotatable bonds is 5. The third-order valence-electron chi connectivity index (χ3n) is 2.04. The summed E-state index contributed by atoms with van der Waals surface area (Å²) in [6.45, 7) is 4.94. The van der Waals surface area contributed by atoms with Crippen LogP contribution in [0.5, 0.6) is 5.88 Å². The van der Waals surface area contributed by atoms with Gasteiger partial charge >= 0.3 is 0 Å². The molecule has 0 fully saturated rings. The molecule has 1 atom stereocenters. The lowest BCUT2D eigenvalue weighted by molar-refractivity contribution is 0.242. The van der Waals surface area contributed by atoms with Crippen molar-refractivity contribution in [3.8, 4) is 11.9 Å². The molecule has 0 aliphatic heterocycles. The fourth-order valence-electron chi connectivity index (χ4n) is 1.25. The van der Waals surface area contributed by atoms with Gasteiger partial charge in [0.05, 0.1) is 19.0 Å². The fraction of sp³-hybridized carbons (Fsp3) is 0.545. The molecule has 4 nitrogen and oxygen atoms in total. The van der Waals surface area contributed by atoms with Gasteiger partial charge in [0, 0.05) is 0 Å². The Morgan fingerprint density at radius 3 is 2.80 bits per heavy atom. The third kappa shape index (κ3) is 3.94. The van der Waals surface area contributed by atoms with Gasteiger partial charge in [0.1, 0.15) is 6.07 Å². The minimum Gasteiger partial charge on any atom is -0.476 e. The fourth-order valence-corrected chi connectivity index (χ4v) is 1.25. The molecule has 0 aliphatic carbocycles. The molecule has 0 spiro atoms. The van der Waals surface area contributed by atoms with Crippen LogP contribution in [0.3, 0.4) is 0 Å². The summed E-state index contributed by atoms with van der Waals surface area (Å²) >= 11 is 0. The molecule has 0 saturated carbocycles. The highest BCUT2D eigenvalue weighted by Gasteiger charge is 2.03. The Hall–Kier alpha value is -1.63. The first kappa shape index (κ1) is 11.4. The van der Waals surface area contributed by atoms with E-state index in [-0.39, 0.29) is 0 Å². The van der Waals surface area contributed by atoms with Crippen molar-refractivity contribution < 1.29 is 4.74 Å². The summed E-state index contributed by atoms with van der Waals surface area (Å²) in [5.74, 6) is 1.00. The van der Waals surface area contributed by atoms with Crippen LogP contribution in [0.2, 0.25) is 0 Å². The van der Waals surface area contributed by atoms with Crippen molar-refractivity contribution in [2.75, 3.05) is 6.61 Å². The molecule has 0 N–H and O–H groups in total. The molecule has 4 heteroatoms. The molecule has 1 aromatic rings. The average Bonchev–Trinajstić information content (AvgIpc) is 2.27.